The van der Waals surface area contributed by atoms with E-state index in [1.54, 1.807) is 0 Å². The molecule has 0 bridgehead atoms. The molecule has 0 unspecified atom stereocenters. The van der Waals surface area contributed by atoms with Crippen LogP contribution < -0.4 is 0 Å². The predicted octanol–water partition coefficient (Wildman–Crippen LogP) is 4.86. The Balaban J connectivity index is -0.000000209. The molecule has 0 nitrogen and oxygen atoms in total. The molecule has 0 aliphatic carbocycles. The van der Waals surface area contributed by atoms with Gasteiger partial charge in [-0.1, -0.05) is 33.6 Å². The first kappa shape index (κ1) is 20.3. The van der Waals surface area contributed by atoms with Crippen LogP contribution in [0, 0.1) is 12.5 Å². The van der Waals surface area contributed by atoms with Gasteiger partial charge in [-0.05, 0) is 0 Å². The summed E-state index contributed by atoms with van der Waals surface area (Å²) in [7, 11) is 0. The second kappa shape index (κ2) is 16.3. The summed E-state index contributed by atoms with van der Waals surface area (Å²) in [5.41, 5.74) is 1.36. The van der Waals surface area contributed by atoms with Crippen LogP contribution in [0.15, 0.2) is 24.3 Å². The Kier molecular flexibility index (Phi) is 22.2. The average Bonchev–Trinajstić information content (AvgIpc) is 2.23. The van der Waals surface area contributed by atoms with E-state index in [0.717, 1.165) is 0 Å². The molecule has 1 aromatic carbocycles. The summed E-state index contributed by atoms with van der Waals surface area (Å²) in [5.74, 6) is 0.627. The van der Waals surface area contributed by atoms with E-state index in [2.05, 4.69) is 26.0 Å². The van der Waals surface area contributed by atoms with Crippen molar-refractivity contribution < 1.29 is 21.1 Å². The van der Waals surface area contributed by atoms with E-state index in [0.29, 0.717) is 5.92 Å². The maximum atomic E-state index is 3.04. The predicted molar refractivity (Wildman–Crippen MR) is 66.4 cm³/mol. The van der Waals surface area contributed by atoms with Crippen LogP contribution in [0.3, 0.4) is 0 Å². The van der Waals surface area contributed by atoms with E-state index in [9.17, 15) is 0 Å². The molecule has 0 atom stereocenters. The molecule has 0 radical (unpaired) electrons. The van der Waals surface area contributed by atoms with Gasteiger partial charge in [0.25, 0.3) is 0 Å². The van der Waals surface area contributed by atoms with Gasteiger partial charge in [-0.15, -0.1) is 0 Å². The molecule has 0 amide bonds. The SMILES string of the molecule is CC.CC(C)c1c[c-]ccc1.C[CH-]C.[W+2]. The monoisotopic (exact) mass is 376 g/mol. The van der Waals surface area contributed by atoms with Gasteiger partial charge in [0, 0.05) is 0 Å². The van der Waals surface area contributed by atoms with Crippen LogP contribution >= 0.6 is 0 Å². The Morgan fingerprint density at radius 1 is 1.20 bits per heavy atom. The summed E-state index contributed by atoms with van der Waals surface area (Å²) in [6.45, 7) is 12.4. The number of rotatable bonds is 1. The minimum Gasteiger partial charge on any atom is -0.335 e. The van der Waals surface area contributed by atoms with Gasteiger partial charge in [-0.25, -0.2) is 0 Å². The number of hydrogen-bond acceptors (Lipinski definition) is 0. The summed E-state index contributed by atoms with van der Waals surface area (Å²) in [6.07, 6.45) is 2.00. The van der Waals surface area contributed by atoms with Crippen LogP contribution in [0.4, 0.5) is 0 Å². The zero-order chi connectivity index (χ0) is 11.4. The Morgan fingerprint density at radius 2 is 1.67 bits per heavy atom. The molecular weight excluding hydrogens is 352 g/mol. The molecule has 0 aromatic heterocycles. The Bertz CT molecular complexity index is 180. The molecule has 1 aromatic rings. The van der Waals surface area contributed by atoms with Gasteiger partial charge in [0.05, 0.1) is 0 Å². The van der Waals surface area contributed by atoms with Crippen LogP contribution in [-0.4, -0.2) is 0 Å². The van der Waals surface area contributed by atoms with E-state index >= 15 is 0 Å². The van der Waals surface area contributed by atoms with E-state index in [-0.39, 0.29) is 21.1 Å². The zero-order valence-corrected chi connectivity index (χ0v) is 13.8. The van der Waals surface area contributed by atoms with E-state index in [1.165, 1.54) is 5.56 Å². The molecule has 0 N–H and O–H groups in total. The van der Waals surface area contributed by atoms with Crippen molar-refractivity contribution in [1.82, 2.24) is 0 Å². The van der Waals surface area contributed by atoms with E-state index < -0.39 is 0 Å². The van der Waals surface area contributed by atoms with Crippen molar-refractivity contribution in [1.29, 1.82) is 0 Å². The van der Waals surface area contributed by atoms with Gasteiger partial charge >= 0.3 is 21.1 Å². The fourth-order valence-corrected chi connectivity index (χ4v) is 0.766. The van der Waals surface area contributed by atoms with Crippen LogP contribution in [-0.2, 0) is 21.1 Å². The van der Waals surface area contributed by atoms with Crippen molar-refractivity contribution in [3.05, 3.63) is 42.3 Å². The quantitative estimate of drug-likeness (QED) is 0.614. The van der Waals surface area contributed by atoms with Gasteiger partial charge < -0.3 is 6.42 Å². The summed E-state index contributed by atoms with van der Waals surface area (Å²) in [6, 6.07) is 11.1. The first-order valence-corrected chi connectivity index (χ1v) is 5.42. The van der Waals surface area contributed by atoms with Crippen molar-refractivity contribution in [2.45, 2.75) is 47.5 Å². The Hall–Kier alpha value is -0.0917. The molecule has 0 spiro atoms. The second-order valence-corrected chi connectivity index (χ2v) is 3.07. The van der Waals surface area contributed by atoms with Gasteiger partial charge in [-0.2, -0.15) is 49.7 Å². The maximum absolute atomic E-state index is 3.04. The minimum atomic E-state index is 0. The molecule has 0 fully saturated rings. The Morgan fingerprint density at radius 3 is 1.87 bits per heavy atom. The number of benzene rings is 1. The largest absolute Gasteiger partial charge is 2.00 e. The standard InChI is InChI=1S/C9H11.C3H7.C2H6.W/c1-8(2)9-6-4-3-5-7-9;1-3-2;1-2;/h3-4,6-8H,1-2H3;3H,1-2H3;1-2H3;/q2*-1;;+2. The summed E-state index contributed by atoms with van der Waals surface area (Å²) in [5, 5.41) is 0. The Labute approximate surface area is 111 Å². The van der Waals surface area contributed by atoms with Crippen LogP contribution in [0.1, 0.15) is 53.0 Å². The molecule has 0 saturated heterocycles. The molecule has 0 aliphatic rings. The molecule has 86 valence electrons. The average molecular weight is 376 g/mol. The first-order chi connectivity index (χ1) is 6.72. The zero-order valence-electron chi connectivity index (χ0n) is 10.9. The topological polar surface area (TPSA) is 0 Å². The van der Waals surface area contributed by atoms with Crippen LogP contribution in [0.25, 0.3) is 0 Å². The van der Waals surface area contributed by atoms with Crippen molar-refractivity contribution in [2.24, 2.45) is 0 Å². The van der Waals surface area contributed by atoms with E-state index in [1.807, 2.05) is 52.3 Å². The molecule has 15 heavy (non-hydrogen) atoms. The molecule has 0 saturated carbocycles. The van der Waals surface area contributed by atoms with Gasteiger partial charge in [-0.3, -0.25) is 0 Å². The third kappa shape index (κ3) is 13.9. The van der Waals surface area contributed by atoms with Gasteiger partial charge in [0.15, 0.2) is 0 Å². The van der Waals surface area contributed by atoms with Crippen molar-refractivity contribution in [3.63, 3.8) is 0 Å². The fourth-order valence-electron chi connectivity index (χ4n) is 0.766. The molecule has 1 heteroatoms. The smallest absolute Gasteiger partial charge is 0.335 e. The third-order valence-electron chi connectivity index (χ3n) is 1.40. The summed E-state index contributed by atoms with van der Waals surface area (Å²) < 4.78 is 0. The minimum absolute atomic E-state index is 0. The first-order valence-electron chi connectivity index (χ1n) is 5.42. The molecule has 0 aliphatic heterocycles. The molecular formula is C14H24W. The van der Waals surface area contributed by atoms with Crippen molar-refractivity contribution in [2.75, 3.05) is 0 Å². The maximum Gasteiger partial charge on any atom is 2.00 e. The number of hydrogen-bond donors (Lipinski definition) is 0. The van der Waals surface area contributed by atoms with E-state index in [4.69, 9.17) is 0 Å². The second-order valence-electron chi connectivity index (χ2n) is 3.07. The van der Waals surface area contributed by atoms with Crippen LogP contribution in [0.5, 0.6) is 0 Å². The van der Waals surface area contributed by atoms with Crippen molar-refractivity contribution >= 4 is 0 Å². The van der Waals surface area contributed by atoms with Gasteiger partial charge in [0.2, 0.25) is 0 Å². The summed E-state index contributed by atoms with van der Waals surface area (Å²) in [4.78, 5) is 0. The fraction of sp³-hybridized carbons (Fsp3) is 0.500. The molecule has 0 heterocycles. The third-order valence-corrected chi connectivity index (χ3v) is 1.40. The summed E-state index contributed by atoms with van der Waals surface area (Å²) >= 11 is 0. The van der Waals surface area contributed by atoms with Gasteiger partial charge in [0.1, 0.15) is 0 Å². The normalized spacial score (nSPS) is 7.67. The van der Waals surface area contributed by atoms with Crippen molar-refractivity contribution in [3.8, 4) is 0 Å². The molecule has 1 rings (SSSR count). The van der Waals surface area contributed by atoms with Crippen LogP contribution in [0.2, 0.25) is 0 Å².